The van der Waals surface area contributed by atoms with Gasteiger partial charge in [0.25, 0.3) is 0 Å². The van der Waals surface area contributed by atoms with Gasteiger partial charge in [0.2, 0.25) is 0 Å². The van der Waals surface area contributed by atoms with E-state index in [4.69, 9.17) is 9.84 Å². The van der Waals surface area contributed by atoms with E-state index in [9.17, 15) is 40.2 Å². The summed E-state index contributed by atoms with van der Waals surface area (Å²) in [4.78, 5) is 23.0. The van der Waals surface area contributed by atoms with Gasteiger partial charge in [-0.3, -0.25) is 9.59 Å². The number of hydrogen-bond acceptors (Lipinski definition) is 10. The highest BCUT2D eigenvalue weighted by atomic mass is 16.6. The molecule has 1 heterocycles. The van der Waals surface area contributed by atoms with E-state index in [0.29, 0.717) is 0 Å². The van der Waals surface area contributed by atoms with Gasteiger partial charge in [-0.25, -0.2) is 0 Å². The molecular weight excluding hydrogens is 316 g/mol. The summed E-state index contributed by atoms with van der Waals surface area (Å²) in [5.41, 5.74) is -2.96. The van der Waals surface area contributed by atoms with E-state index < -0.39 is 66.5 Å². The molecule has 7 N–H and O–H groups in total. The van der Waals surface area contributed by atoms with Crippen LogP contribution in [-0.2, 0) is 14.3 Å². The molecule has 10 nitrogen and oxygen atoms in total. The molecule has 0 aliphatic carbocycles. The second-order valence-electron chi connectivity index (χ2n) is 5.63. The Morgan fingerprint density at radius 3 is 2.00 bits per heavy atom. The Morgan fingerprint density at radius 1 is 1.09 bits per heavy atom. The zero-order valence-corrected chi connectivity index (χ0v) is 12.6. The molecule has 0 aromatic heterocycles. The smallest absolute Gasteiger partial charge is 0.180 e. The molecule has 23 heavy (non-hydrogen) atoms. The van der Waals surface area contributed by atoms with Gasteiger partial charge in [0.15, 0.2) is 17.2 Å². The Balaban J connectivity index is 3.27. The van der Waals surface area contributed by atoms with Crippen LogP contribution in [-0.4, -0.2) is 102 Å². The van der Waals surface area contributed by atoms with Gasteiger partial charge in [0.05, 0.1) is 6.61 Å². The molecule has 1 aliphatic rings. The number of carbonyl (C=O) groups is 2. The Morgan fingerprint density at radius 2 is 1.61 bits per heavy atom. The van der Waals surface area contributed by atoms with Gasteiger partial charge in [-0.15, -0.1) is 0 Å². The topological polar surface area (TPSA) is 185 Å². The lowest BCUT2D eigenvalue weighted by Gasteiger charge is -2.47. The lowest BCUT2D eigenvalue weighted by molar-refractivity contribution is -0.282. The summed E-state index contributed by atoms with van der Waals surface area (Å²) in [5, 5.41) is 68.7. The first-order valence-corrected chi connectivity index (χ1v) is 6.90. The van der Waals surface area contributed by atoms with E-state index in [-0.39, 0.29) is 0 Å². The number of hydrogen-bond donors (Lipinski definition) is 7. The van der Waals surface area contributed by atoms with Gasteiger partial charge >= 0.3 is 0 Å². The van der Waals surface area contributed by atoms with Crippen LogP contribution < -0.4 is 0 Å². The van der Waals surface area contributed by atoms with Crippen molar-refractivity contribution in [3.8, 4) is 0 Å². The van der Waals surface area contributed by atoms with Gasteiger partial charge in [-0.05, 0) is 13.8 Å². The van der Waals surface area contributed by atoms with Crippen LogP contribution >= 0.6 is 0 Å². The minimum absolute atomic E-state index is 0.817. The lowest BCUT2D eigenvalue weighted by atomic mass is 9.77. The van der Waals surface area contributed by atoms with Crippen molar-refractivity contribution in [3.05, 3.63) is 0 Å². The van der Waals surface area contributed by atoms with Gasteiger partial charge in [0, 0.05) is 0 Å². The Kier molecular flexibility index (Phi) is 6.35. The third-order valence-electron chi connectivity index (χ3n) is 4.06. The van der Waals surface area contributed by atoms with Crippen LogP contribution in [0.5, 0.6) is 0 Å². The van der Waals surface area contributed by atoms with Gasteiger partial charge in [-0.2, -0.15) is 0 Å². The number of rotatable bonds is 6. The SMILES string of the molecule is CC(=O)C(O)C(O)C(O)(C(C)=O)C1O[C@H](CO)[C@H](O)[C@H](O)[C@H]1O. The Hall–Kier alpha value is -0.980. The number of Topliss-reactive ketones (excluding diaryl/α,β-unsaturated/α-hetero) is 2. The zero-order valence-electron chi connectivity index (χ0n) is 12.6. The van der Waals surface area contributed by atoms with Crippen molar-refractivity contribution in [1.29, 1.82) is 0 Å². The molecule has 0 amide bonds. The van der Waals surface area contributed by atoms with Crippen LogP contribution in [0.4, 0.5) is 0 Å². The molecule has 0 spiro atoms. The summed E-state index contributed by atoms with van der Waals surface area (Å²) in [6.45, 7) is 0.903. The van der Waals surface area contributed by atoms with Crippen molar-refractivity contribution in [1.82, 2.24) is 0 Å². The molecule has 0 aromatic carbocycles. The monoisotopic (exact) mass is 338 g/mol. The van der Waals surface area contributed by atoms with E-state index in [1.807, 2.05) is 0 Å². The van der Waals surface area contributed by atoms with E-state index in [2.05, 4.69) is 0 Å². The molecule has 0 aromatic rings. The van der Waals surface area contributed by atoms with Crippen molar-refractivity contribution in [3.63, 3.8) is 0 Å². The molecule has 0 radical (unpaired) electrons. The van der Waals surface area contributed by atoms with Crippen molar-refractivity contribution in [2.24, 2.45) is 0 Å². The maximum atomic E-state index is 11.8. The molecule has 8 atom stereocenters. The van der Waals surface area contributed by atoms with Crippen molar-refractivity contribution >= 4 is 11.6 Å². The molecular formula is C13H22O10. The van der Waals surface area contributed by atoms with Crippen LogP contribution in [0.15, 0.2) is 0 Å². The molecule has 10 heteroatoms. The van der Waals surface area contributed by atoms with E-state index in [1.54, 1.807) is 0 Å². The van der Waals surface area contributed by atoms with Crippen molar-refractivity contribution in [2.75, 3.05) is 6.61 Å². The summed E-state index contributed by atoms with van der Waals surface area (Å²) in [6, 6.07) is 0. The third kappa shape index (κ3) is 3.44. The first-order chi connectivity index (χ1) is 10.5. The van der Waals surface area contributed by atoms with Gasteiger partial charge < -0.3 is 40.5 Å². The van der Waals surface area contributed by atoms with Crippen LogP contribution in [0.3, 0.4) is 0 Å². The second kappa shape index (κ2) is 7.28. The lowest BCUT2D eigenvalue weighted by Crippen LogP contribution is -2.72. The largest absolute Gasteiger partial charge is 0.394 e. The minimum atomic E-state index is -2.96. The predicted molar refractivity (Wildman–Crippen MR) is 72.1 cm³/mol. The average Bonchev–Trinajstić information content (AvgIpc) is 2.50. The Labute approximate surface area is 131 Å². The summed E-state index contributed by atoms with van der Waals surface area (Å²) in [5.74, 6) is -2.11. The van der Waals surface area contributed by atoms with Crippen LogP contribution in [0.2, 0.25) is 0 Å². The number of aliphatic hydroxyl groups excluding tert-OH is 6. The molecule has 0 saturated carbocycles. The predicted octanol–water partition coefficient (Wildman–Crippen LogP) is -4.54. The molecule has 4 unspecified atom stereocenters. The second-order valence-corrected chi connectivity index (χ2v) is 5.63. The summed E-state index contributed by atoms with van der Waals surface area (Å²) < 4.78 is 5.04. The maximum absolute atomic E-state index is 11.8. The summed E-state index contributed by atoms with van der Waals surface area (Å²) in [7, 11) is 0. The average molecular weight is 338 g/mol. The molecule has 1 saturated heterocycles. The maximum Gasteiger partial charge on any atom is 0.180 e. The fourth-order valence-corrected chi connectivity index (χ4v) is 2.51. The third-order valence-corrected chi connectivity index (χ3v) is 4.06. The number of aliphatic hydroxyl groups is 7. The van der Waals surface area contributed by atoms with Crippen LogP contribution in [0.1, 0.15) is 13.8 Å². The molecule has 1 rings (SSSR count). The zero-order chi connectivity index (χ0) is 18.1. The highest BCUT2D eigenvalue weighted by molar-refractivity contribution is 5.89. The minimum Gasteiger partial charge on any atom is -0.394 e. The number of carbonyl (C=O) groups excluding carboxylic acids is 2. The van der Waals surface area contributed by atoms with E-state index >= 15 is 0 Å². The normalized spacial score (nSPS) is 36.8. The number of ketones is 2. The Bertz CT molecular complexity index is 452. The summed E-state index contributed by atoms with van der Waals surface area (Å²) >= 11 is 0. The van der Waals surface area contributed by atoms with Crippen LogP contribution in [0, 0.1) is 0 Å². The molecule has 134 valence electrons. The standard InChI is InChI=1S/C13H22O10/c1-4(15)7(17)11(21)13(22,5(2)16)12-10(20)9(19)8(18)6(3-14)23-12/h6-12,14,17-22H,3H2,1-2H3/t6-,7?,8+,9+,10-,11?,12?,13?/m1/s1. The van der Waals surface area contributed by atoms with Gasteiger partial charge in [0.1, 0.15) is 42.7 Å². The fraction of sp³-hybridized carbons (Fsp3) is 0.846. The fourth-order valence-electron chi connectivity index (χ4n) is 2.51. The molecule has 1 fully saturated rings. The molecule has 1 aliphatic heterocycles. The highest BCUT2D eigenvalue weighted by Gasteiger charge is 2.59. The van der Waals surface area contributed by atoms with E-state index in [1.165, 1.54) is 0 Å². The summed E-state index contributed by atoms with van der Waals surface area (Å²) in [6.07, 6.45) is -13.6. The molecule has 0 bridgehead atoms. The highest BCUT2D eigenvalue weighted by Crippen LogP contribution is 2.32. The first kappa shape index (κ1) is 20.1. The van der Waals surface area contributed by atoms with Crippen molar-refractivity contribution in [2.45, 2.75) is 62.2 Å². The van der Waals surface area contributed by atoms with Crippen LogP contribution in [0.25, 0.3) is 0 Å². The number of ether oxygens (including phenoxy) is 1. The first-order valence-electron chi connectivity index (χ1n) is 6.90. The van der Waals surface area contributed by atoms with Gasteiger partial charge in [-0.1, -0.05) is 0 Å². The van der Waals surface area contributed by atoms with Crippen molar-refractivity contribution < 1.29 is 50.1 Å². The van der Waals surface area contributed by atoms with E-state index in [0.717, 1.165) is 13.8 Å². The quantitative estimate of drug-likeness (QED) is 0.249.